The molecule has 4 N–H and O–H groups in total. The molecule has 1 aromatic heterocycles. The number of carbonyl (C=O) groups is 1. The molecule has 2 aromatic carbocycles. The molecule has 0 saturated heterocycles. The van der Waals surface area contributed by atoms with E-state index in [0.29, 0.717) is 11.4 Å². The number of hydrogen-bond donors (Lipinski definition) is 4. The summed E-state index contributed by atoms with van der Waals surface area (Å²) in [6.07, 6.45) is 0. The molecule has 0 aliphatic carbocycles. The summed E-state index contributed by atoms with van der Waals surface area (Å²) >= 11 is 0. The summed E-state index contributed by atoms with van der Waals surface area (Å²) in [5.41, 5.74) is 0.553. The zero-order valence-electron chi connectivity index (χ0n) is 13.4. The van der Waals surface area contributed by atoms with E-state index in [2.05, 4.69) is 20.6 Å². The van der Waals surface area contributed by atoms with Crippen LogP contribution >= 0.6 is 0 Å². The van der Waals surface area contributed by atoms with E-state index >= 15 is 0 Å². The minimum atomic E-state index is -0.771. The Hall–Kier alpha value is -3.61. The number of para-hydroxylation sites is 1. The van der Waals surface area contributed by atoms with Crippen LogP contribution in [-0.2, 0) is 0 Å². The molecule has 3 aromatic rings. The van der Waals surface area contributed by atoms with Crippen LogP contribution in [0.2, 0.25) is 0 Å². The van der Waals surface area contributed by atoms with Crippen LogP contribution in [-0.4, -0.2) is 15.9 Å². The van der Waals surface area contributed by atoms with Gasteiger partial charge in [-0.25, -0.2) is 4.79 Å². The van der Waals surface area contributed by atoms with Crippen molar-refractivity contribution in [2.45, 2.75) is 6.92 Å². The van der Waals surface area contributed by atoms with Crippen molar-refractivity contribution in [3.8, 4) is 0 Å². The van der Waals surface area contributed by atoms with Crippen molar-refractivity contribution in [3.05, 3.63) is 86.6 Å². The molecule has 0 radical (unpaired) electrons. The number of H-pyrrole nitrogens is 2. The zero-order chi connectivity index (χ0) is 17.8. The highest BCUT2D eigenvalue weighted by Gasteiger charge is 2.18. The average Bonchev–Trinajstić information content (AvgIpc) is 2.57. The predicted octanol–water partition coefficient (Wildman–Crippen LogP) is 2.37. The molecule has 1 heterocycles. The molecule has 0 bridgehead atoms. The van der Waals surface area contributed by atoms with E-state index in [-0.39, 0.29) is 11.4 Å². The van der Waals surface area contributed by atoms with Gasteiger partial charge >= 0.3 is 5.69 Å². The highest BCUT2D eigenvalue weighted by Crippen LogP contribution is 2.16. The molecule has 1 amide bonds. The summed E-state index contributed by atoms with van der Waals surface area (Å²) in [6, 6.07) is 16.1. The molecule has 0 fully saturated rings. The highest BCUT2D eigenvalue weighted by molar-refractivity contribution is 6.07. The maximum absolute atomic E-state index is 12.5. The molecule has 126 valence electrons. The lowest BCUT2D eigenvalue weighted by Gasteiger charge is -2.11. The zero-order valence-corrected chi connectivity index (χ0v) is 13.4. The number of anilines is 3. The quantitative estimate of drug-likeness (QED) is 0.587. The fourth-order valence-corrected chi connectivity index (χ4v) is 2.29. The van der Waals surface area contributed by atoms with Crippen LogP contribution in [0.25, 0.3) is 0 Å². The van der Waals surface area contributed by atoms with Gasteiger partial charge in [-0.15, -0.1) is 0 Å². The van der Waals surface area contributed by atoms with Crippen LogP contribution in [0.4, 0.5) is 17.2 Å². The lowest BCUT2D eigenvalue weighted by Crippen LogP contribution is -2.32. The van der Waals surface area contributed by atoms with Crippen molar-refractivity contribution in [1.29, 1.82) is 0 Å². The largest absolute Gasteiger partial charge is 0.341 e. The van der Waals surface area contributed by atoms with Crippen LogP contribution in [0.1, 0.15) is 15.9 Å². The number of aromatic nitrogens is 2. The second-order valence-corrected chi connectivity index (χ2v) is 5.47. The number of carbonyl (C=O) groups excluding carboxylic acids is 1. The molecule has 0 aliphatic heterocycles. The van der Waals surface area contributed by atoms with Gasteiger partial charge in [0.1, 0.15) is 11.4 Å². The molecule has 0 atom stereocenters. The average molecular weight is 336 g/mol. The number of amides is 1. The minimum Gasteiger partial charge on any atom is -0.341 e. The summed E-state index contributed by atoms with van der Waals surface area (Å²) < 4.78 is 0. The number of nitrogens with one attached hydrogen (secondary N) is 4. The van der Waals surface area contributed by atoms with Crippen molar-refractivity contribution < 1.29 is 4.79 Å². The first-order valence-electron chi connectivity index (χ1n) is 7.59. The molecule has 0 spiro atoms. The van der Waals surface area contributed by atoms with E-state index < -0.39 is 17.2 Å². The number of aryl methyl sites for hydroxylation is 1. The molecule has 7 nitrogen and oxygen atoms in total. The number of rotatable bonds is 4. The smallest absolute Gasteiger partial charge is 0.327 e. The van der Waals surface area contributed by atoms with Gasteiger partial charge < -0.3 is 10.6 Å². The van der Waals surface area contributed by atoms with E-state index in [0.717, 1.165) is 5.56 Å². The second kappa shape index (κ2) is 6.88. The van der Waals surface area contributed by atoms with E-state index in [9.17, 15) is 14.4 Å². The van der Waals surface area contributed by atoms with Crippen molar-refractivity contribution in [2.75, 3.05) is 10.6 Å². The van der Waals surface area contributed by atoms with E-state index in [1.165, 1.54) is 0 Å². The molecule has 0 unspecified atom stereocenters. The van der Waals surface area contributed by atoms with Crippen LogP contribution in [0.3, 0.4) is 0 Å². The first kappa shape index (κ1) is 16.3. The summed E-state index contributed by atoms with van der Waals surface area (Å²) in [4.78, 5) is 40.8. The standard InChI is InChI=1S/C18H16N4O3/c1-11-7-9-13(10-8-11)20-16(23)14-15(21-18(25)22-17(14)24)19-12-5-3-2-4-6-12/h2-10H,1H3,(H,20,23)(H3,19,21,22,24,25). The maximum atomic E-state index is 12.5. The van der Waals surface area contributed by atoms with Gasteiger partial charge in [0.25, 0.3) is 11.5 Å². The Kier molecular flexibility index (Phi) is 4.47. The van der Waals surface area contributed by atoms with Gasteiger partial charge in [-0.3, -0.25) is 19.6 Å². The fourth-order valence-electron chi connectivity index (χ4n) is 2.29. The molecular weight excluding hydrogens is 320 g/mol. The molecular formula is C18H16N4O3. The number of aromatic amines is 2. The Labute approximate surface area is 142 Å². The Morgan fingerprint density at radius 2 is 1.56 bits per heavy atom. The predicted molar refractivity (Wildman–Crippen MR) is 96.5 cm³/mol. The first-order chi connectivity index (χ1) is 12.0. The lowest BCUT2D eigenvalue weighted by molar-refractivity contribution is 0.102. The molecule has 0 saturated carbocycles. The SMILES string of the molecule is Cc1ccc(NC(=O)c2c(Nc3ccccc3)[nH]c(=O)[nH]c2=O)cc1. The van der Waals surface area contributed by atoms with E-state index in [4.69, 9.17) is 0 Å². The lowest BCUT2D eigenvalue weighted by atomic mass is 10.2. The van der Waals surface area contributed by atoms with Gasteiger partial charge in [-0.2, -0.15) is 0 Å². The van der Waals surface area contributed by atoms with Gasteiger partial charge in [0.2, 0.25) is 0 Å². The monoisotopic (exact) mass is 336 g/mol. The first-order valence-corrected chi connectivity index (χ1v) is 7.59. The Bertz CT molecular complexity index is 1000. The Balaban J connectivity index is 1.96. The molecule has 3 rings (SSSR count). The Morgan fingerprint density at radius 3 is 2.24 bits per heavy atom. The van der Waals surface area contributed by atoms with Gasteiger partial charge in [-0.05, 0) is 31.2 Å². The number of benzene rings is 2. The fraction of sp³-hybridized carbons (Fsp3) is 0.0556. The molecule has 25 heavy (non-hydrogen) atoms. The molecule has 0 aliphatic rings. The third kappa shape index (κ3) is 3.84. The normalized spacial score (nSPS) is 10.3. The number of hydrogen-bond acceptors (Lipinski definition) is 4. The summed E-state index contributed by atoms with van der Waals surface area (Å²) in [7, 11) is 0. The van der Waals surface area contributed by atoms with Crippen LogP contribution in [0.5, 0.6) is 0 Å². The van der Waals surface area contributed by atoms with Crippen LogP contribution < -0.4 is 21.9 Å². The van der Waals surface area contributed by atoms with Crippen molar-refractivity contribution >= 4 is 23.1 Å². The highest BCUT2D eigenvalue weighted by atomic mass is 16.2. The molecule has 7 heteroatoms. The maximum Gasteiger partial charge on any atom is 0.327 e. The van der Waals surface area contributed by atoms with Crippen LogP contribution in [0, 0.1) is 6.92 Å². The third-order valence-electron chi connectivity index (χ3n) is 3.52. The van der Waals surface area contributed by atoms with Gasteiger partial charge in [-0.1, -0.05) is 35.9 Å². The van der Waals surface area contributed by atoms with Crippen molar-refractivity contribution in [3.63, 3.8) is 0 Å². The topological polar surface area (TPSA) is 107 Å². The van der Waals surface area contributed by atoms with E-state index in [1.54, 1.807) is 36.4 Å². The summed E-state index contributed by atoms with van der Waals surface area (Å²) in [5.74, 6) is -0.593. The van der Waals surface area contributed by atoms with Gasteiger partial charge in [0.05, 0.1) is 0 Å². The van der Waals surface area contributed by atoms with E-state index in [1.807, 2.05) is 25.1 Å². The van der Waals surface area contributed by atoms with Crippen LogP contribution in [0.15, 0.2) is 64.2 Å². The Morgan fingerprint density at radius 1 is 0.880 bits per heavy atom. The van der Waals surface area contributed by atoms with Crippen molar-refractivity contribution in [2.24, 2.45) is 0 Å². The minimum absolute atomic E-state index is 0.0320. The van der Waals surface area contributed by atoms with Gasteiger partial charge in [0.15, 0.2) is 0 Å². The summed E-state index contributed by atoms with van der Waals surface area (Å²) in [6.45, 7) is 1.93. The van der Waals surface area contributed by atoms with Gasteiger partial charge in [0, 0.05) is 11.4 Å². The van der Waals surface area contributed by atoms with Crippen molar-refractivity contribution in [1.82, 2.24) is 9.97 Å². The third-order valence-corrected chi connectivity index (χ3v) is 3.52. The summed E-state index contributed by atoms with van der Waals surface area (Å²) in [5, 5.41) is 5.54. The second-order valence-electron chi connectivity index (χ2n) is 5.47.